The largest absolute Gasteiger partial charge is 0.326 e. The molecule has 0 aromatic heterocycles. The first-order valence-electron chi connectivity index (χ1n) is 8.05. The van der Waals surface area contributed by atoms with Crippen LogP contribution in [0.15, 0.2) is 47.4 Å². The molecular weight excluding hydrogens is 360 g/mol. The van der Waals surface area contributed by atoms with Gasteiger partial charge in [-0.1, -0.05) is 24.1 Å². The van der Waals surface area contributed by atoms with Gasteiger partial charge < -0.3 is 5.32 Å². The third kappa shape index (κ3) is 4.14. The van der Waals surface area contributed by atoms with Crippen LogP contribution in [0.2, 0.25) is 5.02 Å². The lowest BCUT2D eigenvalue weighted by molar-refractivity contribution is -0.122. The molecule has 0 heterocycles. The molecular formula is C18H19ClN2O3S. The van der Waals surface area contributed by atoms with E-state index in [1.165, 1.54) is 12.1 Å². The summed E-state index contributed by atoms with van der Waals surface area (Å²) < 4.78 is 27.7. The van der Waals surface area contributed by atoms with Crippen molar-refractivity contribution < 1.29 is 13.2 Å². The number of rotatable bonds is 5. The van der Waals surface area contributed by atoms with E-state index < -0.39 is 10.0 Å². The van der Waals surface area contributed by atoms with Gasteiger partial charge in [0.25, 0.3) is 10.0 Å². The van der Waals surface area contributed by atoms with E-state index in [1.54, 1.807) is 30.3 Å². The summed E-state index contributed by atoms with van der Waals surface area (Å²) >= 11 is 5.81. The van der Waals surface area contributed by atoms with Crippen molar-refractivity contribution in [2.24, 2.45) is 5.92 Å². The molecule has 0 aliphatic heterocycles. The maximum atomic E-state index is 12.6. The molecule has 1 aliphatic rings. The predicted molar refractivity (Wildman–Crippen MR) is 99.4 cm³/mol. The number of aryl methyl sites for hydroxylation is 1. The quantitative estimate of drug-likeness (QED) is 0.819. The van der Waals surface area contributed by atoms with E-state index in [0.717, 1.165) is 24.8 Å². The van der Waals surface area contributed by atoms with Crippen LogP contribution < -0.4 is 10.0 Å². The third-order valence-corrected chi connectivity index (χ3v) is 5.98. The number of benzene rings is 2. The fourth-order valence-electron chi connectivity index (χ4n) is 2.54. The minimum Gasteiger partial charge on any atom is -0.326 e. The molecule has 3 rings (SSSR count). The molecule has 0 bridgehead atoms. The molecule has 0 atom stereocenters. The Labute approximate surface area is 152 Å². The van der Waals surface area contributed by atoms with E-state index in [4.69, 9.17) is 11.6 Å². The molecule has 2 aromatic carbocycles. The summed E-state index contributed by atoms with van der Waals surface area (Å²) in [4.78, 5) is 12.2. The number of nitrogens with one attached hydrogen (secondary N) is 2. The van der Waals surface area contributed by atoms with Crippen LogP contribution in [0.4, 0.5) is 11.4 Å². The smallest absolute Gasteiger partial charge is 0.261 e. The van der Waals surface area contributed by atoms with Crippen LogP contribution in [0.25, 0.3) is 0 Å². The van der Waals surface area contributed by atoms with Crippen molar-refractivity contribution in [2.75, 3.05) is 10.0 Å². The van der Waals surface area contributed by atoms with Gasteiger partial charge in [0.05, 0.1) is 4.90 Å². The van der Waals surface area contributed by atoms with Crippen LogP contribution in [0.5, 0.6) is 0 Å². The molecule has 1 fully saturated rings. The molecule has 132 valence electrons. The molecule has 0 radical (unpaired) electrons. The van der Waals surface area contributed by atoms with Crippen LogP contribution in [-0.2, 0) is 14.8 Å². The highest BCUT2D eigenvalue weighted by atomic mass is 35.5. The molecule has 0 saturated heterocycles. The minimum atomic E-state index is -3.76. The predicted octanol–water partition coefficient (Wildman–Crippen LogP) is 4.19. The summed E-state index contributed by atoms with van der Waals surface area (Å²) in [5.41, 5.74) is 1.76. The van der Waals surface area contributed by atoms with Gasteiger partial charge in [0.15, 0.2) is 0 Å². The number of sulfonamides is 1. The summed E-state index contributed by atoms with van der Waals surface area (Å²) in [6.45, 7) is 1.83. The van der Waals surface area contributed by atoms with Crippen molar-refractivity contribution in [3.05, 3.63) is 53.1 Å². The lowest BCUT2D eigenvalue weighted by Crippen LogP contribution is -2.28. The number of anilines is 2. The Morgan fingerprint density at radius 3 is 2.40 bits per heavy atom. The van der Waals surface area contributed by atoms with Crippen LogP contribution in [0.1, 0.15) is 24.8 Å². The van der Waals surface area contributed by atoms with E-state index in [-0.39, 0.29) is 16.7 Å². The maximum Gasteiger partial charge on any atom is 0.261 e. The summed E-state index contributed by atoms with van der Waals surface area (Å²) in [6, 6.07) is 11.1. The average Bonchev–Trinajstić information content (AvgIpc) is 2.49. The molecule has 1 saturated carbocycles. The second-order valence-electron chi connectivity index (χ2n) is 6.21. The zero-order valence-electron chi connectivity index (χ0n) is 13.8. The monoisotopic (exact) mass is 378 g/mol. The van der Waals surface area contributed by atoms with Crippen molar-refractivity contribution in [2.45, 2.75) is 31.1 Å². The topological polar surface area (TPSA) is 75.3 Å². The first-order valence-corrected chi connectivity index (χ1v) is 9.91. The number of carbonyl (C=O) groups excluding carboxylic acids is 1. The van der Waals surface area contributed by atoms with Gasteiger partial charge in [0.2, 0.25) is 5.91 Å². The Morgan fingerprint density at radius 2 is 1.80 bits per heavy atom. The number of carbonyl (C=O) groups is 1. The van der Waals surface area contributed by atoms with Crippen LogP contribution >= 0.6 is 11.6 Å². The lowest BCUT2D eigenvalue weighted by Gasteiger charge is -2.24. The molecule has 7 heteroatoms. The van der Waals surface area contributed by atoms with E-state index in [1.807, 2.05) is 6.92 Å². The highest BCUT2D eigenvalue weighted by Crippen LogP contribution is 2.29. The van der Waals surface area contributed by atoms with Gasteiger partial charge in [-0.05, 0) is 61.7 Å². The van der Waals surface area contributed by atoms with Crippen LogP contribution in [-0.4, -0.2) is 14.3 Å². The highest BCUT2D eigenvalue weighted by molar-refractivity contribution is 7.92. The van der Waals surface area contributed by atoms with Crippen LogP contribution in [0, 0.1) is 12.8 Å². The summed E-state index contributed by atoms with van der Waals surface area (Å²) in [7, 11) is -3.76. The molecule has 1 aliphatic carbocycles. The van der Waals surface area contributed by atoms with E-state index in [9.17, 15) is 13.2 Å². The van der Waals surface area contributed by atoms with E-state index >= 15 is 0 Å². The van der Waals surface area contributed by atoms with E-state index in [0.29, 0.717) is 16.4 Å². The van der Waals surface area contributed by atoms with Gasteiger partial charge in [-0.25, -0.2) is 8.42 Å². The Hall–Kier alpha value is -2.05. The Balaban J connectivity index is 1.82. The second-order valence-corrected chi connectivity index (χ2v) is 8.33. The van der Waals surface area contributed by atoms with Gasteiger partial charge in [-0.2, -0.15) is 0 Å². The first kappa shape index (κ1) is 17.8. The van der Waals surface area contributed by atoms with Gasteiger partial charge in [0, 0.05) is 22.3 Å². The molecule has 25 heavy (non-hydrogen) atoms. The van der Waals surface area contributed by atoms with Gasteiger partial charge >= 0.3 is 0 Å². The number of hydrogen-bond donors (Lipinski definition) is 2. The molecule has 1 amide bonds. The number of halogens is 1. The van der Waals surface area contributed by atoms with Crippen molar-refractivity contribution in [3.8, 4) is 0 Å². The Kier molecular flexibility index (Phi) is 5.01. The Bertz CT molecular complexity index is 891. The number of hydrogen-bond acceptors (Lipinski definition) is 3. The van der Waals surface area contributed by atoms with Crippen molar-refractivity contribution in [1.82, 2.24) is 0 Å². The zero-order valence-corrected chi connectivity index (χ0v) is 15.3. The summed E-state index contributed by atoms with van der Waals surface area (Å²) in [5.74, 6) is -0.0126. The van der Waals surface area contributed by atoms with Gasteiger partial charge in [-0.15, -0.1) is 0 Å². The zero-order chi connectivity index (χ0) is 18.0. The lowest BCUT2D eigenvalue weighted by atomic mass is 9.85. The van der Waals surface area contributed by atoms with Gasteiger partial charge in [0.1, 0.15) is 0 Å². The molecule has 2 aromatic rings. The van der Waals surface area contributed by atoms with E-state index in [2.05, 4.69) is 10.0 Å². The normalized spacial score (nSPS) is 14.6. The van der Waals surface area contributed by atoms with Gasteiger partial charge in [-0.3, -0.25) is 9.52 Å². The van der Waals surface area contributed by atoms with Crippen LogP contribution in [0.3, 0.4) is 0 Å². The molecule has 5 nitrogen and oxygen atoms in total. The summed E-state index contributed by atoms with van der Waals surface area (Å²) in [6.07, 6.45) is 2.85. The first-order chi connectivity index (χ1) is 11.8. The van der Waals surface area contributed by atoms with Crippen molar-refractivity contribution in [3.63, 3.8) is 0 Å². The fourth-order valence-corrected chi connectivity index (χ4v) is 3.75. The van der Waals surface area contributed by atoms with Crippen molar-refractivity contribution >= 4 is 38.9 Å². The van der Waals surface area contributed by atoms with Crippen molar-refractivity contribution in [1.29, 1.82) is 0 Å². The molecule has 2 N–H and O–H groups in total. The Morgan fingerprint density at radius 1 is 1.12 bits per heavy atom. The second kappa shape index (κ2) is 7.06. The maximum absolute atomic E-state index is 12.6. The SMILES string of the molecule is Cc1ccc(S(=O)(=O)Nc2ccc(Cl)cc2)cc1NC(=O)C1CCC1. The fraction of sp³-hybridized carbons (Fsp3) is 0.278. The number of amides is 1. The summed E-state index contributed by atoms with van der Waals surface area (Å²) in [5, 5.41) is 3.37. The average molecular weight is 379 g/mol. The standard InChI is InChI=1S/C18H19ClN2O3S/c1-12-5-10-16(11-17(12)20-18(22)13-3-2-4-13)25(23,24)21-15-8-6-14(19)7-9-15/h5-11,13,21H,2-4H2,1H3,(H,20,22). The highest BCUT2D eigenvalue weighted by Gasteiger charge is 2.26. The molecule has 0 unspecified atom stereocenters. The minimum absolute atomic E-state index is 0.0341. The third-order valence-electron chi connectivity index (χ3n) is 4.35. The molecule has 0 spiro atoms.